The lowest BCUT2D eigenvalue weighted by Gasteiger charge is -2.36. The molecule has 2 aromatic carbocycles. The Morgan fingerprint density at radius 3 is 2.31 bits per heavy atom. The highest BCUT2D eigenvalue weighted by atomic mass is 19.1. The number of hydrogen-bond acceptors (Lipinski definition) is 4. The van der Waals surface area contributed by atoms with E-state index in [4.69, 9.17) is 0 Å². The van der Waals surface area contributed by atoms with Crippen LogP contribution in [0.4, 0.5) is 4.39 Å². The molecule has 0 radical (unpaired) electrons. The summed E-state index contributed by atoms with van der Waals surface area (Å²) in [7, 11) is 0. The van der Waals surface area contributed by atoms with Crippen molar-refractivity contribution in [1.82, 2.24) is 20.4 Å². The lowest BCUT2D eigenvalue weighted by molar-refractivity contribution is -0.138. The van der Waals surface area contributed by atoms with Crippen molar-refractivity contribution in [2.75, 3.05) is 32.7 Å². The fourth-order valence-corrected chi connectivity index (χ4v) is 4.24. The van der Waals surface area contributed by atoms with E-state index in [1.54, 1.807) is 12.1 Å². The van der Waals surface area contributed by atoms with E-state index >= 15 is 0 Å². The van der Waals surface area contributed by atoms with Crippen LogP contribution in [-0.2, 0) is 27.3 Å². The second-order valence-electron chi connectivity index (χ2n) is 9.00. The third-order valence-electron chi connectivity index (χ3n) is 6.25. The molecule has 1 heterocycles. The van der Waals surface area contributed by atoms with Crippen LogP contribution in [-0.4, -0.2) is 66.3 Å². The van der Waals surface area contributed by atoms with Gasteiger partial charge in [0.1, 0.15) is 11.9 Å². The summed E-state index contributed by atoms with van der Waals surface area (Å²) in [6.07, 6.45) is 3.32. The van der Waals surface area contributed by atoms with Gasteiger partial charge in [-0.3, -0.25) is 19.3 Å². The van der Waals surface area contributed by atoms with E-state index in [0.717, 1.165) is 11.1 Å². The summed E-state index contributed by atoms with van der Waals surface area (Å²) < 4.78 is 13.2. The monoisotopic (exact) mass is 494 g/mol. The first-order valence-electron chi connectivity index (χ1n) is 12.4. The van der Waals surface area contributed by atoms with Gasteiger partial charge in [0, 0.05) is 39.3 Å². The van der Waals surface area contributed by atoms with E-state index in [9.17, 15) is 18.8 Å². The summed E-state index contributed by atoms with van der Waals surface area (Å²) >= 11 is 0. The van der Waals surface area contributed by atoms with Crippen LogP contribution in [0.5, 0.6) is 0 Å². The lowest BCUT2D eigenvalue weighted by atomic mass is 10.1. The van der Waals surface area contributed by atoms with Crippen LogP contribution in [0.3, 0.4) is 0 Å². The maximum atomic E-state index is 13.4. The highest BCUT2D eigenvalue weighted by molar-refractivity contribution is 5.88. The average Bonchev–Trinajstić information content (AvgIpc) is 2.89. The number of hydrogen-bond donors (Lipinski definition) is 2. The molecule has 0 aliphatic carbocycles. The summed E-state index contributed by atoms with van der Waals surface area (Å²) in [5.74, 6) is -0.739. The van der Waals surface area contributed by atoms with Gasteiger partial charge in [-0.25, -0.2) is 4.39 Å². The first-order chi connectivity index (χ1) is 17.4. The molecule has 192 valence electrons. The quantitative estimate of drug-likeness (QED) is 0.351. The van der Waals surface area contributed by atoms with Gasteiger partial charge in [-0.1, -0.05) is 49.0 Å². The first kappa shape index (κ1) is 27.1. The van der Waals surface area contributed by atoms with Crippen LogP contribution < -0.4 is 10.6 Å². The van der Waals surface area contributed by atoms with Crippen LogP contribution in [0.2, 0.25) is 0 Å². The van der Waals surface area contributed by atoms with Crippen LogP contribution >= 0.6 is 0 Å². The van der Waals surface area contributed by atoms with Gasteiger partial charge < -0.3 is 15.5 Å². The molecular weight excluding hydrogens is 459 g/mol. The molecule has 1 aliphatic heterocycles. The summed E-state index contributed by atoms with van der Waals surface area (Å²) in [5, 5.41) is 5.68. The van der Waals surface area contributed by atoms with E-state index in [1.807, 2.05) is 35.2 Å². The normalized spacial score (nSPS) is 14.6. The number of amides is 3. The number of halogens is 1. The van der Waals surface area contributed by atoms with Crippen molar-refractivity contribution in [2.45, 2.75) is 38.3 Å². The minimum Gasteiger partial charge on any atom is -0.353 e. The van der Waals surface area contributed by atoms with Gasteiger partial charge in [-0.05, 0) is 48.6 Å². The van der Waals surface area contributed by atoms with Crippen molar-refractivity contribution in [3.63, 3.8) is 0 Å². The zero-order valence-electron chi connectivity index (χ0n) is 20.6. The fourth-order valence-electron chi connectivity index (χ4n) is 4.24. The lowest BCUT2D eigenvalue weighted by Crippen LogP contribution is -2.55. The molecule has 1 unspecified atom stereocenters. The molecule has 2 N–H and O–H groups in total. The van der Waals surface area contributed by atoms with Crippen LogP contribution in [0.15, 0.2) is 67.3 Å². The predicted molar refractivity (Wildman–Crippen MR) is 137 cm³/mol. The Morgan fingerprint density at radius 2 is 1.64 bits per heavy atom. The van der Waals surface area contributed by atoms with Crippen molar-refractivity contribution in [1.29, 1.82) is 0 Å². The molecule has 0 saturated carbocycles. The van der Waals surface area contributed by atoms with Crippen LogP contribution in [0, 0.1) is 5.82 Å². The number of rotatable bonds is 12. The number of nitrogens with zero attached hydrogens (tertiary/aromatic N) is 2. The molecule has 1 aliphatic rings. The maximum absolute atomic E-state index is 13.4. The second kappa shape index (κ2) is 14.1. The smallest absolute Gasteiger partial charge is 0.245 e. The molecular formula is C28H35FN4O3. The predicted octanol–water partition coefficient (Wildman–Crippen LogP) is 2.67. The maximum Gasteiger partial charge on any atom is 0.245 e. The van der Waals surface area contributed by atoms with Gasteiger partial charge in [-0.2, -0.15) is 0 Å². The Morgan fingerprint density at radius 1 is 0.944 bits per heavy atom. The summed E-state index contributed by atoms with van der Waals surface area (Å²) in [6, 6.07) is 15.3. The Kier molecular flexibility index (Phi) is 10.6. The standard InChI is InChI=1S/C28H35FN4O3/c1-2-26(34)30-15-7-6-10-25(31-27(35)20-22-8-4-3-5-9-22)28(36)33-18-16-32(17-19-33)21-23-11-13-24(29)14-12-23/h2-5,8-9,11-14,25H,1,6-7,10,15-21H2,(H,30,34)(H,31,35). The van der Waals surface area contributed by atoms with E-state index in [1.165, 1.54) is 18.2 Å². The molecule has 7 nitrogen and oxygen atoms in total. The van der Waals surface area contributed by atoms with Crippen molar-refractivity contribution >= 4 is 17.7 Å². The molecule has 36 heavy (non-hydrogen) atoms. The minimum atomic E-state index is -0.611. The van der Waals surface area contributed by atoms with Crippen molar-refractivity contribution in [2.24, 2.45) is 0 Å². The highest BCUT2D eigenvalue weighted by Gasteiger charge is 2.28. The van der Waals surface area contributed by atoms with Gasteiger partial charge in [0.15, 0.2) is 0 Å². The molecule has 1 fully saturated rings. The van der Waals surface area contributed by atoms with Crippen LogP contribution in [0.25, 0.3) is 0 Å². The molecule has 3 rings (SSSR count). The van der Waals surface area contributed by atoms with Gasteiger partial charge in [-0.15, -0.1) is 0 Å². The van der Waals surface area contributed by atoms with E-state index < -0.39 is 6.04 Å². The summed E-state index contributed by atoms with van der Waals surface area (Å²) in [5.41, 5.74) is 1.92. The largest absolute Gasteiger partial charge is 0.353 e. The topological polar surface area (TPSA) is 81.8 Å². The third-order valence-corrected chi connectivity index (χ3v) is 6.25. The highest BCUT2D eigenvalue weighted by Crippen LogP contribution is 2.13. The molecule has 8 heteroatoms. The third kappa shape index (κ3) is 8.92. The number of piperazine rings is 1. The zero-order valence-corrected chi connectivity index (χ0v) is 20.6. The number of benzene rings is 2. The SMILES string of the molecule is C=CC(=O)NCCCCC(NC(=O)Cc1ccccc1)C(=O)N1CCN(Cc2ccc(F)cc2)CC1. The number of carbonyl (C=O) groups is 3. The first-order valence-corrected chi connectivity index (χ1v) is 12.4. The molecule has 0 aromatic heterocycles. The minimum absolute atomic E-state index is 0.0760. The molecule has 2 aromatic rings. The Balaban J connectivity index is 1.53. The summed E-state index contributed by atoms with van der Waals surface area (Å²) in [4.78, 5) is 41.5. The molecule has 3 amide bonds. The molecule has 0 bridgehead atoms. The van der Waals surface area contributed by atoms with Gasteiger partial charge in [0.05, 0.1) is 6.42 Å². The summed E-state index contributed by atoms with van der Waals surface area (Å²) in [6.45, 7) is 7.19. The van der Waals surface area contributed by atoms with E-state index in [2.05, 4.69) is 22.1 Å². The van der Waals surface area contributed by atoms with E-state index in [-0.39, 0.29) is 30.0 Å². The van der Waals surface area contributed by atoms with Crippen LogP contribution in [0.1, 0.15) is 30.4 Å². The van der Waals surface area contributed by atoms with Crippen molar-refractivity contribution in [3.8, 4) is 0 Å². The number of carbonyl (C=O) groups excluding carboxylic acids is 3. The van der Waals surface area contributed by atoms with Crippen molar-refractivity contribution < 1.29 is 18.8 Å². The van der Waals surface area contributed by atoms with E-state index in [0.29, 0.717) is 58.5 Å². The second-order valence-corrected chi connectivity index (χ2v) is 9.00. The zero-order chi connectivity index (χ0) is 25.8. The van der Waals surface area contributed by atoms with Gasteiger partial charge in [0.25, 0.3) is 0 Å². The number of nitrogens with one attached hydrogen (secondary N) is 2. The Labute approximate surface area is 212 Å². The fraction of sp³-hybridized carbons (Fsp3) is 0.393. The molecule has 0 spiro atoms. The van der Waals surface area contributed by atoms with Crippen molar-refractivity contribution in [3.05, 3.63) is 84.2 Å². The Bertz CT molecular complexity index is 1010. The number of unbranched alkanes of at least 4 members (excludes halogenated alkanes) is 1. The Hall–Kier alpha value is -3.52. The average molecular weight is 495 g/mol. The van der Waals surface area contributed by atoms with Gasteiger partial charge >= 0.3 is 0 Å². The van der Waals surface area contributed by atoms with Gasteiger partial charge in [0.2, 0.25) is 17.7 Å². The molecule has 1 atom stereocenters. The molecule has 1 saturated heterocycles.